The van der Waals surface area contributed by atoms with Crippen LogP contribution in [-0.2, 0) is 11.4 Å². The van der Waals surface area contributed by atoms with Gasteiger partial charge in [0.25, 0.3) is 5.91 Å². The second-order valence-electron chi connectivity index (χ2n) is 5.26. The zero-order valence-corrected chi connectivity index (χ0v) is 13.8. The van der Waals surface area contributed by atoms with Crippen LogP contribution in [0.5, 0.6) is 5.75 Å². The minimum atomic E-state index is -0.986. The summed E-state index contributed by atoms with van der Waals surface area (Å²) in [5.74, 6) is -0.270. The van der Waals surface area contributed by atoms with Crippen molar-refractivity contribution in [2.75, 3.05) is 6.54 Å². The summed E-state index contributed by atoms with van der Waals surface area (Å²) in [6.45, 7) is 1.96. The number of ketones is 1. The van der Waals surface area contributed by atoms with Crippen molar-refractivity contribution in [3.8, 4) is 5.75 Å². The summed E-state index contributed by atoms with van der Waals surface area (Å²) in [5.41, 5.74) is 0.633. The number of aliphatic carboxylic acids is 1. The summed E-state index contributed by atoms with van der Waals surface area (Å²) >= 11 is 0. The zero-order valence-electron chi connectivity index (χ0n) is 13.8. The van der Waals surface area contributed by atoms with Crippen LogP contribution < -0.4 is 10.1 Å². The van der Waals surface area contributed by atoms with Crippen LogP contribution in [-0.4, -0.2) is 29.3 Å². The Bertz CT molecular complexity index is 747. The van der Waals surface area contributed by atoms with Gasteiger partial charge in [0.05, 0.1) is 6.42 Å². The van der Waals surface area contributed by atoms with E-state index in [9.17, 15) is 14.4 Å². The van der Waals surface area contributed by atoms with E-state index in [1.807, 2.05) is 0 Å². The van der Waals surface area contributed by atoms with Gasteiger partial charge in [0.1, 0.15) is 18.1 Å². The van der Waals surface area contributed by atoms with Gasteiger partial charge in [0.2, 0.25) is 0 Å². The van der Waals surface area contributed by atoms with E-state index in [0.29, 0.717) is 23.5 Å². The van der Waals surface area contributed by atoms with Gasteiger partial charge in [-0.3, -0.25) is 14.4 Å². The van der Waals surface area contributed by atoms with Crippen LogP contribution in [0.4, 0.5) is 0 Å². The molecule has 1 amide bonds. The summed E-state index contributed by atoms with van der Waals surface area (Å²) in [6, 6.07) is 9.91. The number of hydrogen-bond acceptors (Lipinski definition) is 5. The van der Waals surface area contributed by atoms with Crippen LogP contribution in [0.2, 0.25) is 0 Å². The zero-order chi connectivity index (χ0) is 18.2. The number of carboxylic acids is 1. The van der Waals surface area contributed by atoms with Crippen molar-refractivity contribution in [1.29, 1.82) is 0 Å². The number of amides is 1. The van der Waals surface area contributed by atoms with Gasteiger partial charge in [0.15, 0.2) is 11.5 Å². The molecule has 0 saturated heterocycles. The number of carbonyl (C=O) groups excluding carboxylic acids is 2. The minimum absolute atomic E-state index is 0.0313. The van der Waals surface area contributed by atoms with E-state index in [1.54, 1.807) is 37.3 Å². The summed E-state index contributed by atoms with van der Waals surface area (Å²) in [6.07, 6.45) is 0.294. The molecule has 0 aliphatic rings. The van der Waals surface area contributed by atoms with Crippen molar-refractivity contribution in [1.82, 2.24) is 5.32 Å². The molecule has 0 spiro atoms. The van der Waals surface area contributed by atoms with Gasteiger partial charge in [-0.15, -0.1) is 0 Å². The van der Waals surface area contributed by atoms with Crippen LogP contribution in [0.25, 0.3) is 0 Å². The van der Waals surface area contributed by atoms with E-state index < -0.39 is 11.9 Å². The summed E-state index contributed by atoms with van der Waals surface area (Å²) < 4.78 is 10.9. The Kier molecular flexibility index (Phi) is 6.33. The van der Waals surface area contributed by atoms with Gasteiger partial charge in [-0.05, 0) is 36.4 Å². The van der Waals surface area contributed by atoms with E-state index in [4.69, 9.17) is 14.3 Å². The van der Waals surface area contributed by atoms with Crippen LogP contribution in [0, 0.1) is 0 Å². The molecule has 0 saturated carbocycles. The molecule has 0 fully saturated rings. The molecule has 0 bridgehead atoms. The molecular formula is C18H19NO6. The third kappa shape index (κ3) is 5.49. The maximum Gasteiger partial charge on any atom is 0.305 e. The third-order valence-corrected chi connectivity index (χ3v) is 3.39. The second-order valence-corrected chi connectivity index (χ2v) is 5.26. The average molecular weight is 345 g/mol. The lowest BCUT2D eigenvalue weighted by molar-refractivity contribution is -0.136. The summed E-state index contributed by atoms with van der Waals surface area (Å²) in [7, 11) is 0. The Morgan fingerprint density at radius 2 is 1.84 bits per heavy atom. The SMILES string of the molecule is CCC(=O)c1ccc(OCc2ccc(C(=O)NCCC(=O)O)o2)cc1. The maximum atomic E-state index is 11.8. The first-order chi connectivity index (χ1) is 12.0. The number of benzene rings is 1. The van der Waals surface area contributed by atoms with Crippen LogP contribution in [0.3, 0.4) is 0 Å². The number of furan rings is 1. The fraction of sp³-hybridized carbons (Fsp3) is 0.278. The predicted molar refractivity (Wildman–Crippen MR) is 88.7 cm³/mol. The highest BCUT2D eigenvalue weighted by molar-refractivity contribution is 5.95. The molecule has 0 unspecified atom stereocenters. The summed E-state index contributed by atoms with van der Waals surface area (Å²) in [4.78, 5) is 33.7. The monoisotopic (exact) mass is 345 g/mol. The fourth-order valence-electron chi connectivity index (χ4n) is 2.04. The predicted octanol–water partition coefficient (Wildman–Crippen LogP) is 2.66. The van der Waals surface area contributed by atoms with Crippen LogP contribution in [0.15, 0.2) is 40.8 Å². The lowest BCUT2D eigenvalue weighted by Gasteiger charge is -2.05. The Morgan fingerprint density at radius 3 is 2.48 bits per heavy atom. The molecule has 0 aliphatic carbocycles. The number of rotatable bonds is 9. The highest BCUT2D eigenvalue weighted by Gasteiger charge is 2.12. The average Bonchev–Trinajstić information content (AvgIpc) is 3.08. The van der Waals surface area contributed by atoms with Crippen LogP contribution >= 0.6 is 0 Å². The number of carboxylic acid groups (broad SMARTS) is 1. The normalized spacial score (nSPS) is 10.3. The van der Waals surface area contributed by atoms with E-state index >= 15 is 0 Å². The quantitative estimate of drug-likeness (QED) is 0.677. The molecule has 2 N–H and O–H groups in total. The Morgan fingerprint density at radius 1 is 1.12 bits per heavy atom. The van der Waals surface area contributed by atoms with E-state index in [-0.39, 0.29) is 31.1 Å². The molecule has 1 aromatic heterocycles. The van der Waals surface area contributed by atoms with Gasteiger partial charge >= 0.3 is 5.97 Å². The van der Waals surface area contributed by atoms with Crippen LogP contribution in [0.1, 0.15) is 46.4 Å². The third-order valence-electron chi connectivity index (χ3n) is 3.39. The van der Waals surface area contributed by atoms with Crippen molar-refractivity contribution in [2.45, 2.75) is 26.4 Å². The van der Waals surface area contributed by atoms with Crippen molar-refractivity contribution < 1.29 is 28.6 Å². The standard InChI is InChI=1S/C18H19NO6/c1-2-15(20)12-3-5-13(6-4-12)24-11-14-7-8-16(25-14)18(23)19-10-9-17(21)22/h3-8H,2,9-11H2,1H3,(H,19,23)(H,21,22). The Balaban J connectivity index is 1.85. The first-order valence-corrected chi connectivity index (χ1v) is 7.84. The lowest BCUT2D eigenvalue weighted by atomic mass is 10.1. The Hall–Kier alpha value is -3.09. The smallest absolute Gasteiger partial charge is 0.305 e. The number of ether oxygens (including phenoxy) is 1. The van der Waals surface area contributed by atoms with Gasteiger partial charge in [-0.1, -0.05) is 6.92 Å². The second kappa shape index (κ2) is 8.68. The minimum Gasteiger partial charge on any atom is -0.486 e. The van der Waals surface area contributed by atoms with Crippen molar-refractivity contribution >= 4 is 17.7 Å². The highest BCUT2D eigenvalue weighted by atomic mass is 16.5. The number of nitrogens with one attached hydrogen (secondary N) is 1. The van der Waals surface area contributed by atoms with Crippen molar-refractivity contribution in [2.24, 2.45) is 0 Å². The van der Waals surface area contributed by atoms with Crippen molar-refractivity contribution in [3.63, 3.8) is 0 Å². The first kappa shape index (κ1) is 18.3. The number of Topliss-reactive ketones (excluding diaryl/α,β-unsaturated/α-hetero) is 1. The van der Waals surface area contributed by atoms with E-state index in [2.05, 4.69) is 5.32 Å². The number of carbonyl (C=O) groups is 3. The highest BCUT2D eigenvalue weighted by Crippen LogP contribution is 2.16. The topological polar surface area (TPSA) is 106 Å². The first-order valence-electron chi connectivity index (χ1n) is 7.84. The molecule has 0 aliphatic heterocycles. The molecule has 2 aromatic rings. The molecule has 7 heteroatoms. The van der Waals surface area contributed by atoms with Gasteiger partial charge in [0, 0.05) is 18.5 Å². The molecule has 132 valence electrons. The molecule has 1 aromatic carbocycles. The maximum absolute atomic E-state index is 11.8. The number of hydrogen-bond donors (Lipinski definition) is 2. The molecule has 1 heterocycles. The van der Waals surface area contributed by atoms with Gasteiger partial charge in [-0.2, -0.15) is 0 Å². The molecule has 25 heavy (non-hydrogen) atoms. The summed E-state index contributed by atoms with van der Waals surface area (Å²) in [5, 5.41) is 11.0. The molecular weight excluding hydrogens is 326 g/mol. The van der Waals surface area contributed by atoms with Gasteiger partial charge in [-0.25, -0.2) is 0 Å². The molecule has 7 nitrogen and oxygen atoms in total. The molecule has 2 rings (SSSR count). The largest absolute Gasteiger partial charge is 0.486 e. The molecule has 0 radical (unpaired) electrons. The molecule has 0 atom stereocenters. The van der Waals surface area contributed by atoms with E-state index in [0.717, 1.165) is 0 Å². The van der Waals surface area contributed by atoms with E-state index in [1.165, 1.54) is 6.07 Å². The Labute approximate surface area is 144 Å². The fourth-order valence-corrected chi connectivity index (χ4v) is 2.04. The van der Waals surface area contributed by atoms with Crippen molar-refractivity contribution in [3.05, 3.63) is 53.5 Å². The van der Waals surface area contributed by atoms with Gasteiger partial charge < -0.3 is 19.6 Å². The lowest BCUT2D eigenvalue weighted by Crippen LogP contribution is -2.25.